The lowest BCUT2D eigenvalue weighted by Crippen LogP contribution is -2.45. The summed E-state index contributed by atoms with van der Waals surface area (Å²) in [6.07, 6.45) is -2.24. The number of carbonyl (C=O) groups is 3. The average Bonchev–Trinajstić information content (AvgIpc) is 3.32. The van der Waals surface area contributed by atoms with Crippen LogP contribution in [0.1, 0.15) is 32.8 Å². The number of carbonyl (C=O) groups excluding carboxylic acids is 3. The number of alkyl halides is 1. The molecule has 0 aromatic heterocycles. The van der Waals surface area contributed by atoms with E-state index in [0.717, 1.165) is 4.90 Å². The highest BCUT2D eigenvalue weighted by Crippen LogP contribution is 2.41. The number of nitrogens with one attached hydrogen (secondary N) is 2. The normalized spacial score (nSPS) is 19.6. The molecule has 7 nitrogen and oxygen atoms in total. The third-order valence-electron chi connectivity index (χ3n) is 5.57. The van der Waals surface area contributed by atoms with Gasteiger partial charge in [0.2, 0.25) is 11.8 Å². The molecule has 1 fully saturated rings. The summed E-state index contributed by atoms with van der Waals surface area (Å²) in [4.78, 5) is 38.1. The second kappa shape index (κ2) is 8.87. The van der Waals surface area contributed by atoms with E-state index in [1.54, 1.807) is 32.9 Å². The van der Waals surface area contributed by atoms with Crippen molar-refractivity contribution in [2.24, 2.45) is 0 Å². The SMILES string of the molecule is CC(C)(C)OC(=O)N1C[C@H](F)C[C@H]1C(=O)Nc1cccc(-c2ccc3c(c2Cl)NC(=O)C3)c1F. The van der Waals surface area contributed by atoms with Crippen molar-refractivity contribution in [1.29, 1.82) is 0 Å². The number of anilines is 2. The third-order valence-corrected chi connectivity index (χ3v) is 5.96. The molecule has 0 spiro atoms. The highest BCUT2D eigenvalue weighted by atomic mass is 35.5. The first kappa shape index (κ1) is 23.9. The molecule has 3 amide bonds. The highest BCUT2D eigenvalue weighted by Gasteiger charge is 2.42. The topological polar surface area (TPSA) is 87.7 Å². The van der Waals surface area contributed by atoms with Gasteiger partial charge in [0.25, 0.3) is 0 Å². The predicted octanol–water partition coefficient (Wildman–Crippen LogP) is 4.93. The first-order chi connectivity index (χ1) is 15.9. The fourth-order valence-corrected chi connectivity index (χ4v) is 4.40. The Morgan fingerprint density at radius 3 is 2.65 bits per heavy atom. The molecule has 180 valence electrons. The van der Waals surface area contributed by atoms with Crippen LogP contribution in [0.15, 0.2) is 30.3 Å². The Hall–Kier alpha value is -3.20. The van der Waals surface area contributed by atoms with Crippen molar-refractivity contribution in [3.05, 3.63) is 46.7 Å². The molecule has 2 aromatic carbocycles. The summed E-state index contributed by atoms with van der Waals surface area (Å²) in [6, 6.07) is 6.55. The number of hydrogen-bond acceptors (Lipinski definition) is 4. The first-order valence-electron chi connectivity index (χ1n) is 10.8. The van der Waals surface area contributed by atoms with Gasteiger partial charge in [0.05, 0.1) is 29.4 Å². The second-order valence-electron chi connectivity index (χ2n) is 9.32. The van der Waals surface area contributed by atoms with Crippen LogP contribution in [0.5, 0.6) is 0 Å². The number of amides is 3. The van der Waals surface area contributed by atoms with Crippen molar-refractivity contribution < 1.29 is 27.9 Å². The maximum Gasteiger partial charge on any atom is 0.411 e. The van der Waals surface area contributed by atoms with Crippen LogP contribution in [0.25, 0.3) is 11.1 Å². The van der Waals surface area contributed by atoms with Gasteiger partial charge in [-0.25, -0.2) is 13.6 Å². The molecule has 10 heteroatoms. The molecule has 4 rings (SSSR count). The molecule has 2 heterocycles. The van der Waals surface area contributed by atoms with Crippen LogP contribution in [-0.2, 0) is 20.7 Å². The Morgan fingerprint density at radius 2 is 1.94 bits per heavy atom. The van der Waals surface area contributed by atoms with E-state index < -0.39 is 35.6 Å². The van der Waals surface area contributed by atoms with E-state index in [0.29, 0.717) is 16.8 Å². The standard InChI is InChI=1S/C24H24ClF2N3O4/c1-24(2,3)34-23(33)30-11-13(26)10-17(30)22(32)28-16-6-4-5-15(20(16)27)14-8-7-12-9-18(31)29-21(12)19(14)25/h4-8,13,17H,9-11H2,1-3H3,(H,28,32)(H,29,31)/t13-,17+/m1/s1. The predicted molar refractivity (Wildman–Crippen MR) is 124 cm³/mol. The largest absolute Gasteiger partial charge is 0.444 e. The zero-order valence-corrected chi connectivity index (χ0v) is 19.6. The minimum Gasteiger partial charge on any atom is -0.444 e. The summed E-state index contributed by atoms with van der Waals surface area (Å²) < 4.78 is 34.8. The monoisotopic (exact) mass is 491 g/mol. The van der Waals surface area contributed by atoms with Gasteiger partial charge in [-0.3, -0.25) is 14.5 Å². The van der Waals surface area contributed by atoms with Gasteiger partial charge in [0, 0.05) is 17.5 Å². The van der Waals surface area contributed by atoms with E-state index in [9.17, 15) is 18.8 Å². The molecule has 2 aromatic rings. The van der Waals surface area contributed by atoms with Gasteiger partial charge in [0.15, 0.2) is 5.82 Å². The molecule has 0 bridgehead atoms. The summed E-state index contributed by atoms with van der Waals surface area (Å²) in [5.74, 6) is -1.68. The van der Waals surface area contributed by atoms with E-state index in [1.165, 1.54) is 18.2 Å². The Morgan fingerprint density at radius 1 is 1.21 bits per heavy atom. The molecule has 0 unspecified atom stereocenters. The third kappa shape index (κ3) is 4.70. The van der Waals surface area contributed by atoms with E-state index in [1.807, 2.05) is 0 Å². The van der Waals surface area contributed by atoms with Gasteiger partial charge < -0.3 is 15.4 Å². The zero-order valence-electron chi connectivity index (χ0n) is 18.9. The molecule has 0 aliphatic carbocycles. The zero-order chi connectivity index (χ0) is 24.8. The van der Waals surface area contributed by atoms with Crippen LogP contribution < -0.4 is 10.6 Å². The lowest BCUT2D eigenvalue weighted by Gasteiger charge is -2.27. The Bertz CT molecular complexity index is 1180. The van der Waals surface area contributed by atoms with Crippen LogP contribution in [0.2, 0.25) is 5.02 Å². The van der Waals surface area contributed by atoms with E-state index in [2.05, 4.69) is 10.6 Å². The maximum atomic E-state index is 15.4. The number of benzene rings is 2. The fourth-order valence-electron chi connectivity index (χ4n) is 4.07. The van der Waals surface area contributed by atoms with Crippen LogP contribution in [0.4, 0.5) is 25.0 Å². The van der Waals surface area contributed by atoms with E-state index >= 15 is 4.39 Å². The van der Waals surface area contributed by atoms with Gasteiger partial charge in [0.1, 0.15) is 17.8 Å². The van der Waals surface area contributed by atoms with Crippen LogP contribution in [0, 0.1) is 5.82 Å². The van der Waals surface area contributed by atoms with Gasteiger partial charge in [-0.15, -0.1) is 0 Å². The number of rotatable bonds is 3. The van der Waals surface area contributed by atoms with Crippen LogP contribution in [0.3, 0.4) is 0 Å². The van der Waals surface area contributed by atoms with Crippen molar-refractivity contribution in [1.82, 2.24) is 4.90 Å². The van der Waals surface area contributed by atoms with Gasteiger partial charge in [-0.05, 0) is 32.4 Å². The first-order valence-corrected chi connectivity index (χ1v) is 11.2. The molecule has 2 atom stereocenters. The summed E-state index contributed by atoms with van der Waals surface area (Å²) in [6.45, 7) is 4.71. The van der Waals surface area contributed by atoms with E-state index in [-0.39, 0.29) is 41.6 Å². The van der Waals surface area contributed by atoms with Gasteiger partial charge in [-0.2, -0.15) is 0 Å². The summed E-state index contributed by atoms with van der Waals surface area (Å²) in [5, 5.41) is 5.33. The molecule has 1 saturated heterocycles. The van der Waals surface area contributed by atoms with Crippen LogP contribution in [-0.4, -0.2) is 47.2 Å². The smallest absolute Gasteiger partial charge is 0.411 e. The van der Waals surface area contributed by atoms with Crippen molar-refractivity contribution in [3.63, 3.8) is 0 Å². The molecule has 0 saturated carbocycles. The minimum absolute atomic E-state index is 0.116. The van der Waals surface area contributed by atoms with Crippen molar-refractivity contribution in [2.45, 2.75) is 51.4 Å². The molecule has 34 heavy (non-hydrogen) atoms. The summed E-state index contributed by atoms with van der Waals surface area (Å²) in [5.41, 5.74) is 0.650. The lowest BCUT2D eigenvalue weighted by atomic mass is 10.0. The van der Waals surface area contributed by atoms with Crippen molar-refractivity contribution in [3.8, 4) is 11.1 Å². The molecule has 2 aliphatic heterocycles. The quantitative estimate of drug-likeness (QED) is 0.637. The molecule has 0 radical (unpaired) electrons. The Kier molecular flexibility index (Phi) is 6.24. The van der Waals surface area contributed by atoms with Crippen molar-refractivity contribution in [2.75, 3.05) is 17.2 Å². The summed E-state index contributed by atoms with van der Waals surface area (Å²) >= 11 is 6.44. The van der Waals surface area contributed by atoms with E-state index in [4.69, 9.17) is 16.3 Å². The number of halogens is 3. The average molecular weight is 492 g/mol. The number of nitrogens with zero attached hydrogens (tertiary/aromatic N) is 1. The minimum atomic E-state index is -1.40. The highest BCUT2D eigenvalue weighted by molar-refractivity contribution is 6.37. The maximum absolute atomic E-state index is 15.4. The number of ether oxygens (including phenoxy) is 1. The Labute approximate surface area is 200 Å². The Balaban J connectivity index is 1.58. The van der Waals surface area contributed by atoms with Gasteiger partial charge in [-0.1, -0.05) is 35.9 Å². The molecule has 2 aliphatic rings. The fraction of sp³-hybridized carbons (Fsp3) is 0.375. The number of likely N-dealkylation sites (tertiary alicyclic amines) is 1. The molecular weight excluding hydrogens is 468 g/mol. The van der Waals surface area contributed by atoms with Crippen molar-refractivity contribution >= 4 is 40.9 Å². The number of hydrogen-bond donors (Lipinski definition) is 2. The second-order valence-corrected chi connectivity index (χ2v) is 9.70. The lowest BCUT2D eigenvalue weighted by molar-refractivity contribution is -0.120. The molecular formula is C24H24ClF2N3O4. The molecule has 2 N–H and O–H groups in total. The van der Waals surface area contributed by atoms with Gasteiger partial charge >= 0.3 is 6.09 Å². The van der Waals surface area contributed by atoms with Crippen LogP contribution >= 0.6 is 11.6 Å². The number of fused-ring (bicyclic) bond motifs is 1. The summed E-state index contributed by atoms with van der Waals surface area (Å²) in [7, 11) is 0.